The van der Waals surface area contributed by atoms with E-state index >= 15 is 0 Å². The lowest BCUT2D eigenvalue weighted by atomic mass is 9.99. The minimum absolute atomic E-state index is 0.227. The molecule has 0 aliphatic carbocycles. The first-order chi connectivity index (χ1) is 8.96. The molecule has 19 heavy (non-hydrogen) atoms. The quantitative estimate of drug-likeness (QED) is 0.872. The van der Waals surface area contributed by atoms with E-state index in [9.17, 15) is 4.79 Å². The summed E-state index contributed by atoms with van der Waals surface area (Å²) >= 11 is 6.22. The highest BCUT2D eigenvalue weighted by Crippen LogP contribution is 2.43. The Labute approximate surface area is 117 Å². The molecular weight excluding hydrogens is 272 g/mol. The van der Waals surface area contributed by atoms with E-state index in [1.165, 1.54) is 21.3 Å². The molecule has 1 atom stereocenters. The fraction of sp³-hybridized carbons (Fsp3) is 0.462. The summed E-state index contributed by atoms with van der Waals surface area (Å²) in [6.45, 7) is 1.60. The van der Waals surface area contributed by atoms with E-state index in [-0.39, 0.29) is 6.42 Å². The molecule has 0 spiro atoms. The minimum atomic E-state index is -0.903. The Morgan fingerprint density at radius 3 is 2.26 bits per heavy atom. The first-order valence-electron chi connectivity index (χ1n) is 5.66. The van der Waals surface area contributed by atoms with Crippen molar-refractivity contribution in [3.63, 3.8) is 0 Å². The summed E-state index contributed by atoms with van der Waals surface area (Å²) < 4.78 is 15.6. The average molecular weight is 289 g/mol. The minimum Gasteiger partial charge on any atom is -0.495 e. The van der Waals surface area contributed by atoms with Gasteiger partial charge in [-0.05, 0) is 6.42 Å². The maximum atomic E-state index is 11.0. The molecule has 1 aromatic rings. The summed E-state index contributed by atoms with van der Waals surface area (Å²) in [5, 5.41) is 9.35. The van der Waals surface area contributed by atoms with Crippen LogP contribution in [-0.4, -0.2) is 32.4 Å². The first kappa shape index (κ1) is 15.4. The number of aliphatic carboxylic acids is 1. The third-order valence-corrected chi connectivity index (χ3v) is 3.23. The molecule has 0 fully saturated rings. The van der Waals surface area contributed by atoms with E-state index in [4.69, 9.17) is 30.9 Å². The van der Waals surface area contributed by atoms with E-state index in [1.54, 1.807) is 13.0 Å². The van der Waals surface area contributed by atoms with Gasteiger partial charge in [-0.2, -0.15) is 0 Å². The van der Waals surface area contributed by atoms with Crippen molar-refractivity contribution in [2.24, 2.45) is 5.92 Å². The summed E-state index contributed by atoms with van der Waals surface area (Å²) in [4.78, 5) is 11.0. The summed E-state index contributed by atoms with van der Waals surface area (Å²) in [6.07, 6.45) is 0.227. The van der Waals surface area contributed by atoms with Crippen molar-refractivity contribution in [2.75, 3.05) is 21.3 Å². The van der Waals surface area contributed by atoms with E-state index in [0.29, 0.717) is 27.8 Å². The van der Waals surface area contributed by atoms with Crippen LogP contribution in [0.1, 0.15) is 12.5 Å². The van der Waals surface area contributed by atoms with Gasteiger partial charge in [0.15, 0.2) is 11.5 Å². The SMILES string of the molecule is COc1cc(OC)c(OC)c(CC(C)C(=O)O)c1Cl. The molecule has 5 nitrogen and oxygen atoms in total. The third-order valence-electron chi connectivity index (χ3n) is 2.82. The number of hydrogen-bond donors (Lipinski definition) is 1. The van der Waals surface area contributed by atoms with Crippen molar-refractivity contribution >= 4 is 17.6 Å². The Morgan fingerprint density at radius 2 is 1.84 bits per heavy atom. The number of halogens is 1. The molecule has 0 aliphatic heterocycles. The highest BCUT2D eigenvalue weighted by molar-refractivity contribution is 6.33. The van der Waals surface area contributed by atoms with Crippen LogP contribution in [0.2, 0.25) is 5.02 Å². The summed E-state index contributed by atoms with van der Waals surface area (Å²) in [6, 6.07) is 1.61. The van der Waals surface area contributed by atoms with Gasteiger partial charge in [-0.1, -0.05) is 18.5 Å². The molecule has 1 unspecified atom stereocenters. The van der Waals surface area contributed by atoms with Crippen molar-refractivity contribution in [2.45, 2.75) is 13.3 Å². The van der Waals surface area contributed by atoms with E-state index in [0.717, 1.165) is 0 Å². The second-order valence-corrected chi connectivity index (χ2v) is 4.43. The summed E-state index contributed by atoms with van der Waals surface area (Å²) in [5.41, 5.74) is 0.565. The molecule has 1 aromatic carbocycles. The Balaban J connectivity index is 3.36. The number of hydrogen-bond acceptors (Lipinski definition) is 4. The van der Waals surface area contributed by atoms with Gasteiger partial charge in [-0.25, -0.2) is 0 Å². The van der Waals surface area contributed by atoms with Gasteiger partial charge in [0.25, 0.3) is 0 Å². The molecule has 0 saturated carbocycles. The molecule has 0 amide bonds. The molecule has 106 valence electrons. The van der Waals surface area contributed by atoms with Crippen molar-refractivity contribution in [1.29, 1.82) is 0 Å². The Bertz CT molecular complexity index is 473. The molecule has 1 rings (SSSR count). The van der Waals surface area contributed by atoms with Crippen LogP contribution in [0.25, 0.3) is 0 Å². The fourth-order valence-electron chi connectivity index (χ4n) is 1.74. The van der Waals surface area contributed by atoms with Gasteiger partial charge < -0.3 is 19.3 Å². The van der Waals surface area contributed by atoms with Gasteiger partial charge >= 0.3 is 5.97 Å². The molecule has 0 heterocycles. The average Bonchev–Trinajstić information content (AvgIpc) is 2.40. The fourth-order valence-corrected chi connectivity index (χ4v) is 2.04. The Hall–Kier alpha value is -1.62. The van der Waals surface area contributed by atoms with E-state index in [2.05, 4.69) is 0 Å². The number of ether oxygens (including phenoxy) is 3. The zero-order valence-electron chi connectivity index (χ0n) is 11.3. The zero-order valence-corrected chi connectivity index (χ0v) is 12.1. The van der Waals surface area contributed by atoms with Crippen LogP contribution in [-0.2, 0) is 11.2 Å². The van der Waals surface area contributed by atoms with Crippen molar-refractivity contribution < 1.29 is 24.1 Å². The van der Waals surface area contributed by atoms with Crippen LogP contribution in [0.5, 0.6) is 17.2 Å². The van der Waals surface area contributed by atoms with Crippen molar-refractivity contribution in [1.82, 2.24) is 0 Å². The van der Waals surface area contributed by atoms with Crippen LogP contribution < -0.4 is 14.2 Å². The van der Waals surface area contributed by atoms with Gasteiger partial charge in [0.1, 0.15) is 5.75 Å². The number of rotatable bonds is 6. The maximum Gasteiger partial charge on any atom is 0.306 e. The smallest absolute Gasteiger partial charge is 0.306 e. The monoisotopic (exact) mass is 288 g/mol. The van der Waals surface area contributed by atoms with Gasteiger partial charge in [-0.15, -0.1) is 0 Å². The molecule has 0 saturated heterocycles. The number of carboxylic acid groups (broad SMARTS) is 1. The number of carbonyl (C=O) groups is 1. The Morgan fingerprint density at radius 1 is 1.26 bits per heavy atom. The van der Waals surface area contributed by atoms with Crippen molar-refractivity contribution in [3.8, 4) is 17.2 Å². The molecule has 0 radical (unpaired) electrons. The second-order valence-electron chi connectivity index (χ2n) is 4.05. The number of methoxy groups -OCH3 is 3. The summed E-state index contributed by atoms with van der Waals surface area (Å²) in [7, 11) is 4.46. The zero-order chi connectivity index (χ0) is 14.6. The molecule has 0 bridgehead atoms. The van der Waals surface area contributed by atoms with Gasteiger partial charge in [0, 0.05) is 11.6 Å². The van der Waals surface area contributed by atoms with Crippen molar-refractivity contribution in [3.05, 3.63) is 16.7 Å². The topological polar surface area (TPSA) is 65.0 Å². The normalized spacial score (nSPS) is 11.8. The molecule has 0 aromatic heterocycles. The van der Waals surface area contributed by atoms with Gasteiger partial charge in [-0.3, -0.25) is 4.79 Å². The molecule has 0 aliphatic rings. The highest BCUT2D eigenvalue weighted by atomic mass is 35.5. The lowest BCUT2D eigenvalue weighted by Gasteiger charge is -2.18. The lowest BCUT2D eigenvalue weighted by Crippen LogP contribution is -2.13. The standard InChI is InChI=1S/C13H17ClO5/c1-7(13(15)16)5-8-11(14)9(17-2)6-10(18-3)12(8)19-4/h6-7H,5H2,1-4H3,(H,15,16). The first-order valence-corrected chi connectivity index (χ1v) is 6.04. The highest BCUT2D eigenvalue weighted by Gasteiger charge is 2.23. The molecular formula is C13H17ClO5. The van der Waals surface area contributed by atoms with Crippen LogP contribution in [0, 0.1) is 5.92 Å². The van der Waals surface area contributed by atoms with Gasteiger partial charge in [0.2, 0.25) is 0 Å². The number of carboxylic acids is 1. The number of benzene rings is 1. The predicted octanol–water partition coefficient (Wildman–Crippen LogP) is 2.63. The van der Waals surface area contributed by atoms with Crippen LogP contribution in [0.3, 0.4) is 0 Å². The molecule has 1 N–H and O–H groups in total. The second kappa shape index (κ2) is 6.52. The maximum absolute atomic E-state index is 11.0. The lowest BCUT2D eigenvalue weighted by molar-refractivity contribution is -0.141. The largest absolute Gasteiger partial charge is 0.495 e. The van der Waals surface area contributed by atoms with Gasteiger partial charge in [0.05, 0.1) is 32.3 Å². The Kier molecular flexibility index (Phi) is 5.30. The predicted molar refractivity (Wildman–Crippen MR) is 71.6 cm³/mol. The third kappa shape index (κ3) is 3.23. The van der Waals surface area contributed by atoms with E-state index in [1.807, 2.05) is 0 Å². The van der Waals surface area contributed by atoms with E-state index < -0.39 is 11.9 Å². The van der Waals surface area contributed by atoms with Crippen LogP contribution in [0.15, 0.2) is 6.07 Å². The van der Waals surface area contributed by atoms with Crippen LogP contribution >= 0.6 is 11.6 Å². The summed E-state index contributed by atoms with van der Waals surface area (Å²) in [5.74, 6) is -0.187. The van der Waals surface area contributed by atoms with Crippen LogP contribution in [0.4, 0.5) is 0 Å². The molecule has 6 heteroatoms.